The van der Waals surface area contributed by atoms with Gasteiger partial charge < -0.3 is 25.7 Å². The summed E-state index contributed by atoms with van der Waals surface area (Å²) in [5.74, 6) is 1.13. The van der Waals surface area contributed by atoms with Gasteiger partial charge in [0.25, 0.3) is 5.69 Å². The summed E-state index contributed by atoms with van der Waals surface area (Å²) >= 11 is 4.17. The molecule has 0 amide bonds. The van der Waals surface area contributed by atoms with Crippen LogP contribution in [0.15, 0.2) is 86.7 Å². The SMILES string of the molecule is [C-]#[N+]c1c(C(C)(C)C)nn(-c2nc3ccc(SN(CCO)CCO)cc3s2)c1N=Nc1c(C)cc(N(c2nc3ccc(S(=O)(=O)N(CCO)CCO)cc3s2)c2c(CC)cc(C)cc2CC)nc1Nc1c(CC)cc(C)cc1CC. The van der Waals surface area contributed by atoms with Crippen molar-refractivity contribution in [1.29, 1.82) is 0 Å². The van der Waals surface area contributed by atoms with Crippen molar-refractivity contribution in [2.24, 2.45) is 10.2 Å². The maximum atomic E-state index is 13.9. The minimum Gasteiger partial charge on any atom is -0.395 e. The van der Waals surface area contributed by atoms with Gasteiger partial charge in [-0.05, 0) is 134 Å². The van der Waals surface area contributed by atoms with E-state index >= 15 is 0 Å². The molecule has 8 aromatic rings. The molecule has 0 bridgehead atoms. The molecule has 4 aromatic carbocycles. The van der Waals surface area contributed by atoms with Gasteiger partial charge in [-0.15, -0.1) is 10.2 Å². The first-order valence-electron chi connectivity index (χ1n) is 26.8. The maximum Gasteiger partial charge on any atom is 0.255 e. The van der Waals surface area contributed by atoms with Crippen molar-refractivity contribution < 1.29 is 28.8 Å². The number of aliphatic hydroxyl groups is 4. The number of thiazole rings is 2. The van der Waals surface area contributed by atoms with Gasteiger partial charge in [-0.25, -0.2) is 32.5 Å². The van der Waals surface area contributed by atoms with Crippen molar-refractivity contribution in [3.63, 3.8) is 0 Å². The fraction of sp³-hybridized carbons (Fsp3) is 0.397. The molecule has 5 N–H and O–H groups in total. The highest BCUT2D eigenvalue weighted by Crippen LogP contribution is 2.48. The van der Waals surface area contributed by atoms with E-state index in [1.165, 1.54) is 40.7 Å². The number of nitrogens with one attached hydrogen (secondary N) is 1. The normalized spacial score (nSPS) is 12.3. The molecule has 422 valence electrons. The Kier molecular flexibility index (Phi) is 19.2. The Morgan fingerprint density at radius 1 is 0.725 bits per heavy atom. The second-order valence-electron chi connectivity index (χ2n) is 20.3. The van der Waals surface area contributed by atoms with E-state index in [1.54, 1.807) is 16.8 Å². The van der Waals surface area contributed by atoms with E-state index in [2.05, 4.69) is 80.9 Å². The third kappa shape index (κ3) is 12.6. The van der Waals surface area contributed by atoms with Crippen LogP contribution in [-0.2, 0) is 41.1 Å². The van der Waals surface area contributed by atoms with Crippen LogP contribution in [0.1, 0.15) is 93.1 Å². The van der Waals surface area contributed by atoms with Gasteiger partial charge in [0.15, 0.2) is 16.8 Å². The Balaban J connectivity index is 1.35. The number of sulfonamides is 1. The molecule has 0 fully saturated rings. The molecule has 80 heavy (non-hydrogen) atoms. The first-order valence-corrected chi connectivity index (χ1v) is 30.6. The summed E-state index contributed by atoms with van der Waals surface area (Å²) in [5, 5.41) is 58.7. The van der Waals surface area contributed by atoms with E-state index in [4.69, 9.17) is 36.9 Å². The van der Waals surface area contributed by atoms with Crippen molar-refractivity contribution in [1.82, 2.24) is 33.3 Å². The number of aryl methyl sites for hydroxylation is 7. The van der Waals surface area contributed by atoms with Gasteiger partial charge in [0.1, 0.15) is 11.5 Å². The highest BCUT2D eigenvalue weighted by Gasteiger charge is 2.31. The molecule has 0 aliphatic carbocycles. The van der Waals surface area contributed by atoms with E-state index < -0.39 is 28.7 Å². The zero-order valence-corrected chi connectivity index (χ0v) is 50.3. The summed E-state index contributed by atoms with van der Waals surface area (Å²) in [6, 6.07) is 21.3. The van der Waals surface area contributed by atoms with Crippen molar-refractivity contribution in [2.75, 3.05) is 62.8 Å². The number of aromatic nitrogens is 5. The summed E-state index contributed by atoms with van der Waals surface area (Å²) in [5.41, 5.74) is 11.0. The Bertz CT molecular complexity index is 3670. The van der Waals surface area contributed by atoms with Crippen LogP contribution in [0, 0.1) is 27.3 Å². The molecule has 0 atom stereocenters. The number of fused-ring (bicyclic) bond motifs is 2. The van der Waals surface area contributed by atoms with E-state index in [0.29, 0.717) is 75.0 Å². The summed E-state index contributed by atoms with van der Waals surface area (Å²) in [7, 11) is -4.09. The molecule has 22 heteroatoms. The summed E-state index contributed by atoms with van der Waals surface area (Å²) in [4.78, 5) is 22.8. The molecule has 0 aliphatic heterocycles. The van der Waals surface area contributed by atoms with E-state index in [1.807, 2.05) is 56.3 Å². The lowest BCUT2D eigenvalue weighted by molar-refractivity contribution is 0.217. The third-order valence-electron chi connectivity index (χ3n) is 13.5. The van der Waals surface area contributed by atoms with Crippen molar-refractivity contribution in [3.8, 4) is 5.13 Å². The first kappa shape index (κ1) is 59.9. The van der Waals surface area contributed by atoms with Gasteiger partial charge in [0.2, 0.25) is 15.2 Å². The van der Waals surface area contributed by atoms with Crippen LogP contribution in [0.3, 0.4) is 0 Å². The largest absolute Gasteiger partial charge is 0.395 e. The lowest BCUT2D eigenvalue weighted by Gasteiger charge is -2.28. The topological polar surface area (TPSA) is 222 Å². The third-order valence-corrected chi connectivity index (χ3v) is 18.5. The molecule has 0 spiro atoms. The average Bonchev–Trinajstić information content (AvgIpc) is 4.23. The van der Waals surface area contributed by atoms with Crippen LogP contribution in [0.2, 0.25) is 0 Å². The quantitative estimate of drug-likeness (QED) is 0.0216. The lowest BCUT2D eigenvalue weighted by atomic mass is 9.91. The Morgan fingerprint density at radius 3 is 1.88 bits per heavy atom. The molecule has 0 aliphatic rings. The monoisotopic (exact) mass is 1160 g/mol. The summed E-state index contributed by atoms with van der Waals surface area (Å²) in [6.45, 7) is 28.7. The number of hydrogen-bond donors (Lipinski definition) is 5. The van der Waals surface area contributed by atoms with E-state index in [-0.39, 0.29) is 42.7 Å². The molecule has 4 heterocycles. The van der Waals surface area contributed by atoms with Gasteiger partial charge in [-0.3, -0.25) is 4.90 Å². The Morgan fingerprint density at radius 2 is 1.30 bits per heavy atom. The molecular weight excluding hydrogens is 1090 g/mol. The van der Waals surface area contributed by atoms with Gasteiger partial charge >= 0.3 is 0 Å². The molecule has 0 saturated carbocycles. The predicted molar refractivity (Wildman–Crippen MR) is 324 cm³/mol. The maximum absolute atomic E-state index is 13.9. The number of aliphatic hydroxyl groups excluding tert-OH is 4. The minimum absolute atomic E-state index is 0.0181. The minimum atomic E-state index is -4.09. The Labute approximate surface area is 480 Å². The van der Waals surface area contributed by atoms with Crippen LogP contribution in [-0.4, -0.2) is 115 Å². The Hall–Kier alpha value is -6.23. The van der Waals surface area contributed by atoms with Gasteiger partial charge in [0, 0.05) is 36.8 Å². The number of anilines is 5. The van der Waals surface area contributed by atoms with Crippen molar-refractivity contribution >= 4 is 110 Å². The molecule has 8 rings (SSSR count). The molecule has 0 radical (unpaired) electrons. The number of benzene rings is 4. The second-order valence-corrected chi connectivity index (χ2v) is 25.5. The van der Waals surface area contributed by atoms with Gasteiger partial charge in [-0.1, -0.05) is 107 Å². The van der Waals surface area contributed by atoms with E-state index in [0.717, 1.165) is 77.0 Å². The molecule has 18 nitrogen and oxygen atoms in total. The molecule has 4 aromatic heterocycles. The number of azo groups is 1. The number of rotatable bonds is 24. The number of nitrogens with zero attached hydrogens (tertiary/aromatic N) is 11. The number of pyridine rings is 1. The van der Waals surface area contributed by atoms with Crippen LogP contribution in [0.25, 0.3) is 30.4 Å². The summed E-state index contributed by atoms with van der Waals surface area (Å²) < 4.78 is 33.9. The van der Waals surface area contributed by atoms with Crippen LogP contribution in [0.5, 0.6) is 0 Å². The predicted octanol–water partition coefficient (Wildman–Crippen LogP) is 12.4. The molecule has 0 unspecified atom stereocenters. The standard InChI is InChI=1S/C58H70N12O6S4/c1-12-38-28-35(5)29-39(13-2)50(38)63-54-49(64-65-55-51(59-11)53(58(8,9)10)66-70(55)57-61-44-18-16-42(33-46(44)78-57)79-67(20-24-71)21-25-72)37(7)32-48(62-54)69(52-40(14-3)30-36(6)31-41(52)15-4)56-60-45-19-17-43(34-47(45)77-56)80(75,76)68(22-26-73)23-27-74/h16-19,28-34,71-74H,12-15,20-27H2,1-10H3,(H,62,63). The van der Waals surface area contributed by atoms with Gasteiger partial charge in [-0.2, -0.15) is 14.1 Å². The smallest absolute Gasteiger partial charge is 0.255 e. The van der Waals surface area contributed by atoms with Crippen molar-refractivity contribution in [2.45, 2.75) is 110 Å². The second kappa shape index (κ2) is 25.7. The number of hydrogen-bond acceptors (Lipinski definition) is 18. The van der Waals surface area contributed by atoms with Crippen LogP contribution >= 0.6 is 34.6 Å². The summed E-state index contributed by atoms with van der Waals surface area (Å²) in [6.07, 6.45) is 2.85. The van der Waals surface area contributed by atoms with Crippen molar-refractivity contribution in [3.05, 3.63) is 123 Å². The fourth-order valence-corrected chi connectivity index (χ4v) is 14.2. The van der Waals surface area contributed by atoms with Gasteiger partial charge in [0.05, 0.1) is 69.7 Å². The lowest BCUT2D eigenvalue weighted by Crippen LogP contribution is -2.35. The average molecular weight is 1160 g/mol. The first-order chi connectivity index (χ1) is 38.3. The highest BCUT2D eigenvalue weighted by molar-refractivity contribution is 7.97. The zero-order valence-electron chi connectivity index (χ0n) is 47.0. The van der Waals surface area contributed by atoms with Crippen LogP contribution in [0.4, 0.5) is 45.3 Å². The molecular formula is C58H70N12O6S4. The highest BCUT2D eigenvalue weighted by atomic mass is 32.2. The molecule has 0 saturated heterocycles. The van der Waals surface area contributed by atoms with E-state index in [9.17, 15) is 28.8 Å². The zero-order chi connectivity index (χ0) is 57.6. The van der Waals surface area contributed by atoms with Crippen LogP contribution < -0.4 is 10.2 Å². The fourth-order valence-electron chi connectivity index (χ4n) is 9.64.